The van der Waals surface area contributed by atoms with Crippen LogP contribution in [0.2, 0.25) is 0 Å². The van der Waals surface area contributed by atoms with Crippen LogP contribution in [0.1, 0.15) is 50.0 Å². The van der Waals surface area contributed by atoms with Crippen molar-refractivity contribution in [2.24, 2.45) is 0 Å². The Balaban J connectivity index is 1.91. The molecule has 3 aromatic rings. The van der Waals surface area contributed by atoms with Crippen LogP contribution in [0.25, 0.3) is 0 Å². The third-order valence-electron chi connectivity index (χ3n) is 4.41. The van der Waals surface area contributed by atoms with Crippen LogP contribution < -0.4 is 9.47 Å². The van der Waals surface area contributed by atoms with Gasteiger partial charge in [-0.25, -0.2) is 14.4 Å². The summed E-state index contributed by atoms with van der Waals surface area (Å²) in [6, 6.07) is 14.0. The summed E-state index contributed by atoms with van der Waals surface area (Å²) in [5.41, 5.74) is 1.08. The van der Waals surface area contributed by atoms with Gasteiger partial charge in [0.25, 0.3) is 0 Å². The van der Waals surface area contributed by atoms with Gasteiger partial charge in [0.2, 0.25) is 0 Å². The second-order valence-corrected chi connectivity index (χ2v) is 6.66. The number of benzene rings is 2. The van der Waals surface area contributed by atoms with Gasteiger partial charge < -0.3 is 19.3 Å². The minimum atomic E-state index is -0.850. The Bertz CT molecular complexity index is 1110. The van der Waals surface area contributed by atoms with Crippen molar-refractivity contribution < 1.29 is 33.7 Å². The number of hydrogen-bond acceptors (Lipinski definition) is 8. The Hall–Kier alpha value is -4.04. The first kappa shape index (κ1) is 22.6. The number of hydrogen-bond donors (Lipinski definition) is 1. The molecule has 0 atom stereocenters. The zero-order chi connectivity index (χ0) is 22.9. The third-order valence-corrected chi connectivity index (χ3v) is 4.41. The first-order valence-electron chi connectivity index (χ1n) is 9.87. The molecule has 0 spiro atoms. The van der Waals surface area contributed by atoms with E-state index >= 15 is 0 Å². The average molecular weight is 435 g/mol. The molecular formula is C24H21NO7. The lowest BCUT2D eigenvalue weighted by molar-refractivity contribution is 0.00659. The van der Waals surface area contributed by atoms with Gasteiger partial charge in [-0.2, -0.15) is 0 Å². The Labute approximate surface area is 184 Å². The number of aromatic nitrogens is 1. The fourth-order valence-electron chi connectivity index (χ4n) is 2.92. The topological polar surface area (TPSA) is 112 Å². The van der Waals surface area contributed by atoms with Crippen molar-refractivity contribution in [1.82, 2.24) is 4.98 Å². The Morgan fingerprint density at radius 3 is 2.34 bits per heavy atom. The number of nitrogens with zero attached hydrogens (tertiary/aromatic N) is 1. The number of para-hydroxylation sites is 1. The van der Waals surface area contributed by atoms with Gasteiger partial charge in [-0.05, 0) is 48.4 Å². The maximum Gasteiger partial charge on any atom is 0.347 e. The number of rotatable bonds is 8. The second kappa shape index (κ2) is 10.8. The van der Waals surface area contributed by atoms with E-state index in [0.717, 1.165) is 18.4 Å². The second-order valence-electron chi connectivity index (χ2n) is 6.66. The molecule has 1 aromatic heterocycles. The molecule has 3 rings (SSSR count). The standard InChI is InChI=1S/C24H21NO7/c1-2-6-16-10-11-19(21(13-16)32-22(27)17-7-5-12-25-14-17)24(29)31-20-9-4-3-8-18(20)23(28)30-15-26/h3-5,7-14,26H,2,6,15H2,1H3. The highest BCUT2D eigenvalue weighted by Crippen LogP contribution is 2.26. The summed E-state index contributed by atoms with van der Waals surface area (Å²) in [5, 5.41) is 8.83. The third kappa shape index (κ3) is 5.55. The van der Waals surface area contributed by atoms with Crippen molar-refractivity contribution in [3.8, 4) is 11.5 Å². The molecule has 2 aromatic carbocycles. The summed E-state index contributed by atoms with van der Waals surface area (Å²) < 4.78 is 15.5. The van der Waals surface area contributed by atoms with Crippen molar-refractivity contribution in [2.75, 3.05) is 6.79 Å². The van der Waals surface area contributed by atoms with Crippen LogP contribution in [0.5, 0.6) is 11.5 Å². The first-order valence-corrected chi connectivity index (χ1v) is 9.87. The molecule has 32 heavy (non-hydrogen) atoms. The fraction of sp³-hybridized carbons (Fsp3) is 0.167. The Morgan fingerprint density at radius 1 is 0.875 bits per heavy atom. The van der Waals surface area contributed by atoms with E-state index in [4.69, 9.17) is 14.6 Å². The molecule has 8 heteroatoms. The molecule has 0 aliphatic heterocycles. The van der Waals surface area contributed by atoms with Crippen LogP contribution in [-0.2, 0) is 11.2 Å². The molecule has 0 radical (unpaired) electrons. The number of esters is 3. The van der Waals surface area contributed by atoms with E-state index in [1.54, 1.807) is 36.4 Å². The van der Waals surface area contributed by atoms with Gasteiger partial charge >= 0.3 is 17.9 Å². The lowest BCUT2D eigenvalue weighted by Gasteiger charge is -2.13. The van der Waals surface area contributed by atoms with Crippen molar-refractivity contribution >= 4 is 17.9 Å². The molecule has 164 valence electrons. The van der Waals surface area contributed by atoms with E-state index in [0.29, 0.717) is 0 Å². The van der Waals surface area contributed by atoms with E-state index in [1.807, 2.05) is 6.92 Å². The predicted molar refractivity (Wildman–Crippen MR) is 114 cm³/mol. The summed E-state index contributed by atoms with van der Waals surface area (Å²) in [6.07, 6.45) is 4.47. The van der Waals surface area contributed by atoms with Gasteiger partial charge in [-0.1, -0.05) is 31.5 Å². The van der Waals surface area contributed by atoms with Crippen LogP contribution in [0.3, 0.4) is 0 Å². The number of aliphatic hydroxyl groups is 1. The van der Waals surface area contributed by atoms with Crippen molar-refractivity contribution in [3.63, 3.8) is 0 Å². The molecule has 0 aliphatic rings. The lowest BCUT2D eigenvalue weighted by atomic mass is 10.1. The predicted octanol–water partition coefficient (Wildman–Crippen LogP) is 3.58. The highest BCUT2D eigenvalue weighted by atomic mass is 16.6. The van der Waals surface area contributed by atoms with Crippen LogP contribution in [-0.4, -0.2) is 34.8 Å². The minimum Gasteiger partial charge on any atom is -0.435 e. The van der Waals surface area contributed by atoms with Crippen molar-refractivity contribution in [3.05, 3.63) is 89.2 Å². The number of pyridine rings is 1. The quantitative estimate of drug-likeness (QED) is 0.325. The van der Waals surface area contributed by atoms with Crippen LogP contribution in [0, 0.1) is 0 Å². The molecular weight excluding hydrogens is 414 g/mol. The molecule has 1 heterocycles. The minimum absolute atomic E-state index is 0.00687. The van der Waals surface area contributed by atoms with Crippen molar-refractivity contribution in [2.45, 2.75) is 19.8 Å². The molecule has 0 aliphatic carbocycles. The maximum atomic E-state index is 12.9. The van der Waals surface area contributed by atoms with Gasteiger partial charge in [-0.3, -0.25) is 4.98 Å². The summed E-state index contributed by atoms with van der Waals surface area (Å²) in [7, 11) is 0. The van der Waals surface area contributed by atoms with Gasteiger partial charge in [0.15, 0.2) is 6.79 Å². The highest BCUT2D eigenvalue weighted by Gasteiger charge is 2.22. The van der Waals surface area contributed by atoms with Gasteiger partial charge in [-0.15, -0.1) is 0 Å². The van der Waals surface area contributed by atoms with Gasteiger partial charge in [0, 0.05) is 12.4 Å². The molecule has 0 bridgehead atoms. The summed E-state index contributed by atoms with van der Waals surface area (Å²) >= 11 is 0. The van der Waals surface area contributed by atoms with Crippen LogP contribution in [0.15, 0.2) is 67.0 Å². The summed E-state index contributed by atoms with van der Waals surface area (Å²) in [5.74, 6) is -2.38. The number of aliphatic hydroxyl groups excluding tert-OH is 1. The smallest absolute Gasteiger partial charge is 0.347 e. The molecule has 0 amide bonds. The van der Waals surface area contributed by atoms with Crippen LogP contribution in [0.4, 0.5) is 0 Å². The Kier molecular flexibility index (Phi) is 7.66. The van der Waals surface area contributed by atoms with E-state index in [-0.39, 0.29) is 28.2 Å². The molecule has 0 saturated heterocycles. The molecule has 0 saturated carbocycles. The van der Waals surface area contributed by atoms with Gasteiger partial charge in [0.05, 0.1) is 5.56 Å². The molecule has 0 unspecified atom stereocenters. The van der Waals surface area contributed by atoms with Crippen LogP contribution >= 0.6 is 0 Å². The SMILES string of the molecule is CCCc1ccc(C(=O)Oc2ccccc2C(=O)OCO)c(OC(=O)c2cccnc2)c1. The summed E-state index contributed by atoms with van der Waals surface area (Å²) in [4.78, 5) is 41.4. The summed E-state index contributed by atoms with van der Waals surface area (Å²) in [6.45, 7) is 1.19. The number of aryl methyl sites for hydroxylation is 1. The maximum absolute atomic E-state index is 12.9. The lowest BCUT2D eigenvalue weighted by Crippen LogP contribution is -2.16. The number of ether oxygens (including phenoxy) is 3. The first-order chi connectivity index (χ1) is 15.5. The zero-order valence-corrected chi connectivity index (χ0v) is 17.3. The van der Waals surface area contributed by atoms with Gasteiger partial charge in [0.1, 0.15) is 22.6 Å². The zero-order valence-electron chi connectivity index (χ0n) is 17.3. The Morgan fingerprint density at radius 2 is 1.62 bits per heavy atom. The number of carbonyl (C=O) groups is 3. The molecule has 0 fully saturated rings. The molecule has 1 N–H and O–H groups in total. The number of carbonyl (C=O) groups excluding carboxylic acids is 3. The van der Waals surface area contributed by atoms with Crippen molar-refractivity contribution in [1.29, 1.82) is 0 Å². The fourth-order valence-corrected chi connectivity index (χ4v) is 2.92. The largest absolute Gasteiger partial charge is 0.435 e. The van der Waals surface area contributed by atoms with E-state index in [1.165, 1.54) is 30.6 Å². The molecule has 8 nitrogen and oxygen atoms in total. The van der Waals surface area contributed by atoms with E-state index in [9.17, 15) is 14.4 Å². The monoisotopic (exact) mass is 435 g/mol. The van der Waals surface area contributed by atoms with E-state index in [2.05, 4.69) is 9.72 Å². The normalized spacial score (nSPS) is 10.3. The highest BCUT2D eigenvalue weighted by molar-refractivity contribution is 5.99. The average Bonchev–Trinajstić information content (AvgIpc) is 2.80. The van der Waals surface area contributed by atoms with E-state index < -0.39 is 24.7 Å².